The van der Waals surface area contributed by atoms with Crippen LogP contribution < -0.4 is 0 Å². The molecular formula is C10H14O2. The van der Waals surface area contributed by atoms with E-state index >= 15 is 0 Å². The Morgan fingerprint density at radius 2 is 2.17 bits per heavy atom. The largest absolute Gasteiger partial charge is 0.467 e. The molecule has 1 fully saturated rings. The minimum atomic E-state index is 0.141. The van der Waals surface area contributed by atoms with Gasteiger partial charge in [-0.05, 0) is 19.1 Å². The van der Waals surface area contributed by atoms with Crippen LogP contribution in [0, 0.1) is 5.41 Å². The highest BCUT2D eigenvalue weighted by molar-refractivity contribution is 5.11. The maximum Gasteiger partial charge on any atom is 0.133 e. The second-order valence-corrected chi connectivity index (χ2v) is 4.00. The van der Waals surface area contributed by atoms with Crippen molar-refractivity contribution < 1.29 is 9.15 Å². The van der Waals surface area contributed by atoms with Gasteiger partial charge >= 0.3 is 0 Å². The fourth-order valence-corrected chi connectivity index (χ4v) is 1.57. The fraction of sp³-hybridized carbons (Fsp3) is 0.600. The predicted octanol–water partition coefficient (Wildman–Crippen LogP) is 2.77. The highest BCUT2D eigenvalue weighted by Crippen LogP contribution is 2.50. The van der Waals surface area contributed by atoms with Crippen molar-refractivity contribution in [3.8, 4) is 0 Å². The molecule has 0 N–H and O–H groups in total. The monoisotopic (exact) mass is 166 g/mol. The van der Waals surface area contributed by atoms with Crippen molar-refractivity contribution >= 4 is 0 Å². The van der Waals surface area contributed by atoms with E-state index in [9.17, 15) is 0 Å². The van der Waals surface area contributed by atoms with Gasteiger partial charge in [-0.15, -0.1) is 0 Å². The molecule has 0 aliphatic carbocycles. The van der Waals surface area contributed by atoms with Gasteiger partial charge in [-0.1, -0.05) is 13.8 Å². The van der Waals surface area contributed by atoms with E-state index in [0.29, 0.717) is 6.10 Å². The van der Waals surface area contributed by atoms with Crippen molar-refractivity contribution in [3.63, 3.8) is 0 Å². The van der Waals surface area contributed by atoms with Gasteiger partial charge in [-0.25, -0.2) is 0 Å². The predicted molar refractivity (Wildman–Crippen MR) is 45.8 cm³/mol. The Balaban J connectivity index is 2.19. The topological polar surface area (TPSA) is 22.4 Å². The Kier molecular flexibility index (Phi) is 1.55. The lowest BCUT2D eigenvalue weighted by Crippen LogP contribution is -2.48. The molecule has 1 aliphatic heterocycles. The van der Waals surface area contributed by atoms with Crippen LogP contribution in [0.3, 0.4) is 0 Å². The summed E-state index contributed by atoms with van der Waals surface area (Å²) in [5.41, 5.74) is 0.206. The SMILES string of the molecule is CC1OC(c2ccco2)C1(C)C. The van der Waals surface area contributed by atoms with Crippen LogP contribution in [0.15, 0.2) is 22.8 Å². The smallest absolute Gasteiger partial charge is 0.133 e. The van der Waals surface area contributed by atoms with Crippen LogP contribution in [0.2, 0.25) is 0 Å². The third-order valence-corrected chi connectivity index (χ3v) is 2.87. The Morgan fingerprint density at radius 3 is 2.58 bits per heavy atom. The Bertz CT molecular complexity index is 261. The number of hydrogen-bond donors (Lipinski definition) is 0. The van der Waals surface area contributed by atoms with E-state index in [4.69, 9.17) is 9.15 Å². The summed E-state index contributed by atoms with van der Waals surface area (Å²) in [5, 5.41) is 0. The van der Waals surface area contributed by atoms with Crippen LogP contribution >= 0.6 is 0 Å². The molecule has 0 aromatic carbocycles. The van der Waals surface area contributed by atoms with Crippen molar-refractivity contribution in [1.29, 1.82) is 0 Å². The zero-order valence-corrected chi connectivity index (χ0v) is 7.70. The highest BCUT2D eigenvalue weighted by Gasteiger charge is 2.49. The van der Waals surface area contributed by atoms with Crippen molar-refractivity contribution in [2.45, 2.75) is 33.0 Å². The van der Waals surface area contributed by atoms with Gasteiger partial charge in [-0.3, -0.25) is 0 Å². The van der Waals surface area contributed by atoms with E-state index in [2.05, 4.69) is 20.8 Å². The average molecular weight is 166 g/mol. The molecular weight excluding hydrogens is 152 g/mol. The van der Waals surface area contributed by atoms with Gasteiger partial charge < -0.3 is 9.15 Å². The van der Waals surface area contributed by atoms with E-state index in [-0.39, 0.29) is 11.5 Å². The van der Waals surface area contributed by atoms with E-state index in [1.54, 1.807) is 6.26 Å². The standard InChI is InChI=1S/C10H14O2/c1-7-10(2,3)9(12-7)8-5-4-6-11-8/h4-7,9H,1-3H3. The third kappa shape index (κ3) is 0.911. The lowest BCUT2D eigenvalue weighted by atomic mass is 9.75. The Labute approximate surface area is 72.5 Å². The van der Waals surface area contributed by atoms with E-state index < -0.39 is 0 Å². The molecule has 66 valence electrons. The summed E-state index contributed by atoms with van der Waals surface area (Å²) >= 11 is 0. The van der Waals surface area contributed by atoms with Crippen LogP contribution in [0.1, 0.15) is 32.6 Å². The lowest BCUT2D eigenvalue weighted by molar-refractivity contribution is -0.237. The quantitative estimate of drug-likeness (QED) is 0.640. The van der Waals surface area contributed by atoms with Gasteiger partial charge in [0.1, 0.15) is 11.9 Å². The summed E-state index contributed by atoms with van der Waals surface area (Å²) < 4.78 is 10.9. The first-order chi connectivity index (χ1) is 5.62. The Hall–Kier alpha value is -0.760. The molecule has 1 aromatic heterocycles. The average Bonchev–Trinajstić information content (AvgIpc) is 2.51. The molecule has 1 aromatic rings. The summed E-state index contributed by atoms with van der Waals surface area (Å²) in [6.45, 7) is 6.50. The molecule has 0 amide bonds. The minimum absolute atomic E-state index is 0.141. The van der Waals surface area contributed by atoms with Crippen molar-refractivity contribution in [1.82, 2.24) is 0 Å². The molecule has 2 atom stereocenters. The van der Waals surface area contributed by atoms with Crippen LogP contribution in [0.25, 0.3) is 0 Å². The summed E-state index contributed by atoms with van der Waals surface area (Å²) in [7, 11) is 0. The van der Waals surface area contributed by atoms with Crippen LogP contribution in [0.4, 0.5) is 0 Å². The minimum Gasteiger partial charge on any atom is -0.467 e. The van der Waals surface area contributed by atoms with Crippen LogP contribution in [0.5, 0.6) is 0 Å². The summed E-state index contributed by atoms with van der Waals surface area (Å²) in [5.74, 6) is 0.943. The molecule has 1 saturated heterocycles. The molecule has 0 bridgehead atoms. The zero-order chi connectivity index (χ0) is 8.77. The molecule has 2 heterocycles. The van der Waals surface area contributed by atoms with Gasteiger partial charge in [0.15, 0.2) is 0 Å². The van der Waals surface area contributed by atoms with E-state index in [1.807, 2.05) is 12.1 Å². The Morgan fingerprint density at radius 1 is 1.42 bits per heavy atom. The first kappa shape index (κ1) is 7.87. The third-order valence-electron chi connectivity index (χ3n) is 2.87. The number of hydrogen-bond acceptors (Lipinski definition) is 2. The molecule has 2 rings (SSSR count). The number of rotatable bonds is 1. The number of ether oxygens (including phenoxy) is 1. The van der Waals surface area contributed by atoms with Crippen molar-refractivity contribution in [3.05, 3.63) is 24.2 Å². The molecule has 2 nitrogen and oxygen atoms in total. The van der Waals surface area contributed by atoms with E-state index in [1.165, 1.54) is 0 Å². The van der Waals surface area contributed by atoms with E-state index in [0.717, 1.165) is 5.76 Å². The lowest BCUT2D eigenvalue weighted by Gasteiger charge is -2.49. The van der Waals surface area contributed by atoms with Gasteiger partial charge in [0.25, 0.3) is 0 Å². The summed E-state index contributed by atoms with van der Waals surface area (Å²) in [6, 6.07) is 3.87. The second kappa shape index (κ2) is 2.36. The number of furan rings is 1. The van der Waals surface area contributed by atoms with Gasteiger partial charge in [0, 0.05) is 5.41 Å². The van der Waals surface area contributed by atoms with Crippen LogP contribution in [-0.2, 0) is 4.74 Å². The maximum absolute atomic E-state index is 5.60. The second-order valence-electron chi connectivity index (χ2n) is 4.00. The molecule has 0 radical (unpaired) electrons. The molecule has 0 saturated carbocycles. The summed E-state index contributed by atoms with van der Waals surface area (Å²) in [4.78, 5) is 0. The normalized spacial score (nSPS) is 32.9. The molecule has 12 heavy (non-hydrogen) atoms. The van der Waals surface area contributed by atoms with Gasteiger partial charge in [-0.2, -0.15) is 0 Å². The zero-order valence-electron chi connectivity index (χ0n) is 7.70. The van der Waals surface area contributed by atoms with Crippen molar-refractivity contribution in [2.24, 2.45) is 5.41 Å². The van der Waals surface area contributed by atoms with Gasteiger partial charge in [0.2, 0.25) is 0 Å². The molecule has 2 unspecified atom stereocenters. The van der Waals surface area contributed by atoms with Gasteiger partial charge in [0.05, 0.1) is 12.4 Å². The first-order valence-corrected chi connectivity index (χ1v) is 4.31. The van der Waals surface area contributed by atoms with Crippen molar-refractivity contribution in [2.75, 3.05) is 0 Å². The fourth-order valence-electron chi connectivity index (χ4n) is 1.57. The highest BCUT2D eigenvalue weighted by atomic mass is 16.5. The molecule has 2 heteroatoms. The van der Waals surface area contributed by atoms with Crippen LogP contribution in [-0.4, -0.2) is 6.10 Å². The molecule has 1 aliphatic rings. The first-order valence-electron chi connectivity index (χ1n) is 4.31. The summed E-state index contributed by atoms with van der Waals surface area (Å²) in [6.07, 6.45) is 2.16. The maximum atomic E-state index is 5.60. The molecule has 0 spiro atoms.